The summed E-state index contributed by atoms with van der Waals surface area (Å²) in [5, 5.41) is 9.50. The predicted molar refractivity (Wildman–Crippen MR) is 68.8 cm³/mol. The van der Waals surface area contributed by atoms with E-state index >= 15 is 0 Å². The molecule has 2 aliphatic heterocycles. The summed E-state index contributed by atoms with van der Waals surface area (Å²) in [6.45, 7) is 9.30. The summed E-state index contributed by atoms with van der Waals surface area (Å²) < 4.78 is 5.23. The molecular formula is C14H18N3O2Y-. The first-order valence-corrected chi connectivity index (χ1v) is 6.56. The number of rotatable bonds is 4. The Morgan fingerprint density at radius 1 is 1.55 bits per heavy atom. The van der Waals surface area contributed by atoms with Crippen molar-refractivity contribution in [3.8, 4) is 6.07 Å². The van der Waals surface area contributed by atoms with E-state index in [1.807, 2.05) is 6.41 Å². The molecule has 0 aromatic heterocycles. The molecule has 2 rings (SSSR count). The Bertz CT molecular complexity index is 361. The van der Waals surface area contributed by atoms with E-state index in [-0.39, 0.29) is 38.8 Å². The van der Waals surface area contributed by atoms with Crippen molar-refractivity contribution in [2.75, 3.05) is 19.7 Å². The van der Waals surface area contributed by atoms with E-state index in [1.54, 1.807) is 6.61 Å². The molecule has 5 nitrogen and oxygen atoms in total. The minimum absolute atomic E-state index is 0. The molecule has 0 bridgehead atoms. The van der Waals surface area contributed by atoms with Crippen LogP contribution in [0.4, 0.5) is 0 Å². The van der Waals surface area contributed by atoms with Gasteiger partial charge in [0.05, 0.1) is 12.5 Å². The molecule has 0 spiro atoms. The molecule has 0 aromatic rings. The summed E-state index contributed by atoms with van der Waals surface area (Å²) in [5.74, 6) is 0. The number of amides is 1. The maximum Gasteiger partial charge on any atom is 0.230 e. The topological polar surface area (TPSA) is 56.6 Å². The number of nitrogens with zero attached hydrogens (tertiary/aromatic N) is 3. The SMILES string of the molecule is [CH-]=CN([C-]=O)C1CCN(C2(C#N)C[CH+]OCC2)CC1.[Y]. The summed E-state index contributed by atoms with van der Waals surface area (Å²) >= 11 is 0. The third kappa shape index (κ3) is 3.62. The Morgan fingerprint density at radius 3 is 2.70 bits per heavy atom. The van der Waals surface area contributed by atoms with Crippen LogP contribution in [0.5, 0.6) is 0 Å². The molecule has 20 heavy (non-hydrogen) atoms. The van der Waals surface area contributed by atoms with E-state index in [0.717, 1.165) is 32.4 Å². The van der Waals surface area contributed by atoms with Crippen molar-refractivity contribution in [2.24, 2.45) is 0 Å². The monoisotopic (exact) mass is 349 g/mol. The zero-order valence-electron chi connectivity index (χ0n) is 11.5. The summed E-state index contributed by atoms with van der Waals surface area (Å²) in [4.78, 5) is 14.3. The van der Waals surface area contributed by atoms with Gasteiger partial charge in [0, 0.05) is 58.3 Å². The number of likely N-dealkylation sites (tertiary alicyclic amines) is 1. The molecule has 1 unspecified atom stereocenters. The molecule has 6 heteroatoms. The van der Waals surface area contributed by atoms with Crippen LogP contribution in [0.2, 0.25) is 0 Å². The van der Waals surface area contributed by atoms with Crippen LogP contribution >= 0.6 is 0 Å². The van der Waals surface area contributed by atoms with Gasteiger partial charge in [0.1, 0.15) is 6.61 Å². The molecule has 1 atom stereocenters. The van der Waals surface area contributed by atoms with Gasteiger partial charge < -0.3 is 22.5 Å². The fourth-order valence-corrected chi connectivity index (χ4v) is 2.87. The normalized spacial score (nSPS) is 27.6. The molecule has 105 valence electrons. The van der Waals surface area contributed by atoms with Crippen molar-refractivity contribution in [1.29, 1.82) is 5.26 Å². The number of carbonyl (C=O) groups excluding carboxylic acids is 1. The summed E-state index contributed by atoms with van der Waals surface area (Å²) in [6, 6.07) is 2.55. The molecule has 1 amide bonds. The van der Waals surface area contributed by atoms with Gasteiger partial charge in [-0.05, 0) is 12.8 Å². The second-order valence-corrected chi connectivity index (χ2v) is 5.00. The summed E-state index contributed by atoms with van der Waals surface area (Å²) in [6.07, 6.45) is 6.10. The Balaban J connectivity index is 0.00000200. The number of piperidine rings is 1. The summed E-state index contributed by atoms with van der Waals surface area (Å²) in [7, 11) is 0. The zero-order valence-corrected chi connectivity index (χ0v) is 14.3. The van der Waals surface area contributed by atoms with Crippen molar-refractivity contribution in [1.82, 2.24) is 9.80 Å². The van der Waals surface area contributed by atoms with E-state index in [4.69, 9.17) is 11.3 Å². The average Bonchev–Trinajstić information content (AvgIpc) is 2.50. The quantitative estimate of drug-likeness (QED) is 0.561. The predicted octanol–water partition coefficient (Wildman–Crippen LogP) is 0.999. The second kappa shape index (κ2) is 8.14. The largest absolute Gasteiger partial charge is 0.602 e. The van der Waals surface area contributed by atoms with Gasteiger partial charge in [0.15, 0.2) is 12.0 Å². The molecule has 0 aromatic carbocycles. The number of nitriles is 1. The minimum Gasteiger partial charge on any atom is -0.602 e. The van der Waals surface area contributed by atoms with Crippen LogP contribution in [0.15, 0.2) is 6.20 Å². The van der Waals surface area contributed by atoms with Gasteiger partial charge >= 0.3 is 0 Å². The van der Waals surface area contributed by atoms with E-state index < -0.39 is 5.54 Å². The van der Waals surface area contributed by atoms with Gasteiger partial charge in [-0.3, -0.25) is 4.90 Å². The van der Waals surface area contributed by atoms with Crippen molar-refractivity contribution in [3.05, 3.63) is 19.4 Å². The first-order chi connectivity index (χ1) is 9.25. The second-order valence-electron chi connectivity index (χ2n) is 5.00. The maximum absolute atomic E-state index is 10.7. The van der Waals surface area contributed by atoms with Gasteiger partial charge in [0.2, 0.25) is 6.61 Å². The number of ether oxygens (including phenoxy) is 1. The van der Waals surface area contributed by atoms with E-state index in [2.05, 4.69) is 11.0 Å². The van der Waals surface area contributed by atoms with Crippen LogP contribution < -0.4 is 0 Å². The van der Waals surface area contributed by atoms with Crippen LogP contribution in [-0.4, -0.2) is 47.5 Å². The molecule has 1 radical (unpaired) electrons. The van der Waals surface area contributed by atoms with E-state index in [9.17, 15) is 10.1 Å². The van der Waals surface area contributed by atoms with Crippen molar-refractivity contribution < 1.29 is 42.2 Å². The van der Waals surface area contributed by atoms with Crippen LogP contribution in [-0.2, 0) is 42.2 Å². The fraction of sp³-hybridized carbons (Fsp3) is 0.643. The number of hydrogen-bond acceptors (Lipinski definition) is 4. The van der Waals surface area contributed by atoms with Gasteiger partial charge in [-0.2, -0.15) is 10.00 Å². The molecule has 0 saturated carbocycles. The Hall–Kier alpha value is -0.406. The van der Waals surface area contributed by atoms with Crippen LogP contribution in [0.3, 0.4) is 0 Å². The van der Waals surface area contributed by atoms with Crippen LogP contribution in [0.25, 0.3) is 0 Å². The Morgan fingerprint density at radius 2 is 2.25 bits per heavy atom. The third-order valence-electron chi connectivity index (χ3n) is 4.11. The third-order valence-corrected chi connectivity index (χ3v) is 4.11. The molecule has 2 saturated heterocycles. The molecule has 0 N–H and O–H groups in total. The van der Waals surface area contributed by atoms with Crippen molar-refractivity contribution in [2.45, 2.75) is 37.3 Å². The average molecular weight is 349 g/mol. The van der Waals surface area contributed by atoms with Crippen molar-refractivity contribution in [3.63, 3.8) is 0 Å². The molecule has 2 aliphatic rings. The number of hydrogen-bond donors (Lipinski definition) is 0. The minimum atomic E-state index is -0.439. The fourth-order valence-electron chi connectivity index (χ4n) is 2.87. The van der Waals surface area contributed by atoms with Gasteiger partial charge in [-0.15, -0.1) is 0 Å². The Kier molecular flexibility index (Phi) is 7.18. The molecule has 2 fully saturated rings. The Labute approximate surface area is 145 Å². The zero-order chi connectivity index (χ0) is 13.7. The van der Waals surface area contributed by atoms with E-state index in [1.165, 1.54) is 11.1 Å². The van der Waals surface area contributed by atoms with Gasteiger partial charge in [-0.1, -0.05) is 0 Å². The maximum atomic E-state index is 10.7. The van der Waals surface area contributed by atoms with Crippen molar-refractivity contribution >= 4 is 6.41 Å². The first-order valence-electron chi connectivity index (χ1n) is 6.56. The molecule has 2 heterocycles. The van der Waals surface area contributed by atoms with Gasteiger partial charge in [0.25, 0.3) is 0 Å². The standard InChI is InChI=1S/C14H18N3O2.Y/c1-2-16(12-18)13-3-7-17(8-4-13)14(11-15)5-9-19-10-6-14;/h1-2,9,13H,3-8,10H2;/q-1;. The molecular weight excluding hydrogens is 331 g/mol. The van der Waals surface area contributed by atoms with E-state index in [0.29, 0.717) is 13.0 Å². The van der Waals surface area contributed by atoms with Gasteiger partial charge in [-0.25, -0.2) is 0 Å². The van der Waals surface area contributed by atoms with Crippen LogP contribution in [0, 0.1) is 24.5 Å². The smallest absolute Gasteiger partial charge is 0.230 e. The first kappa shape index (κ1) is 17.6. The summed E-state index contributed by atoms with van der Waals surface area (Å²) in [5.41, 5.74) is -0.439. The van der Waals surface area contributed by atoms with Crippen LogP contribution in [0.1, 0.15) is 25.7 Å². The molecule has 0 aliphatic carbocycles.